The molecule has 7 heteroatoms. The SMILES string of the molecule is CN=C(NCC1(NC(C)c2ccccc2)CCCC1)N1CCN(CC(=O)NC2CC2)CC1. The number of amides is 1. The van der Waals surface area contributed by atoms with Gasteiger partial charge in [-0.3, -0.25) is 14.7 Å². The third kappa shape index (κ3) is 6.23. The Morgan fingerprint density at radius 1 is 1.12 bits per heavy atom. The lowest BCUT2D eigenvalue weighted by atomic mass is 9.94. The Morgan fingerprint density at radius 3 is 2.44 bits per heavy atom. The van der Waals surface area contributed by atoms with E-state index in [2.05, 4.69) is 68.0 Å². The molecule has 1 aromatic rings. The summed E-state index contributed by atoms with van der Waals surface area (Å²) in [5.41, 5.74) is 1.44. The highest BCUT2D eigenvalue weighted by Gasteiger charge is 2.35. The second-order valence-electron chi connectivity index (χ2n) is 9.77. The minimum Gasteiger partial charge on any atom is -0.354 e. The molecular formula is C25H40N6O. The number of carbonyl (C=O) groups is 1. The Bertz CT molecular complexity index is 764. The van der Waals surface area contributed by atoms with Gasteiger partial charge in [0.15, 0.2) is 5.96 Å². The molecule has 2 saturated carbocycles. The number of piperazine rings is 1. The topological polar surface area (TPSA) is 72.0 Å². The van der Waals surface area contributed by atoms with Crippen LogP contribution in [-0.4, -0.2) is 79.6 Å². The third-order valence-electron chi connectivity index (χ3n) is 7.16. The molecule has 176 valence electrons. The normalized spacial score (nSPS) is 22.6. The summed E-state index contributed by atoms with van der Waals surface area (Å²) in [5.74, 6) is 1.15. The van der Waals surface area contributed by atoms with Crippen molar-refractivity contribution in [1.29, 1.82) is 0 Å². The van der Waals surface area contributed by atoms with Crippen LogP contribution in [0.15, 0.2) is 35.3 Å². The highest BCUT2D eigenvalue weighted by molar-refractivity contribution is 5.80. The van der Waals surface area contributed by atoms with E-state index in [1.54, 1.807) is 0 Å². The zero-order chi connectivity index (χ0) is 22.4. The predicted molar refractivity (Wildman–Crippen MR) is 130 cm³/mol. The summed E-state index contributed by atoms with van der Waals surface area (Å²) in [5, 5.41) is 10.7. The fourth-order valence-electron chi connectivity index (χ4n) is 5.11. The van der Waals surface area contributed by atoms with E-state index in [4.69, 9.17) is 0 Å². The number of rotatable bonds is 8. The summed E-state index contributed by atoms with van der Waals surface area (Å²) in [4.78, 5) is 21.3. The number of carbonyl (C=O) groups excluding carboxylic acids is 1. The van der Waals surface area contributed by atoms with E-state index in [0.717, 1.165) is 51.5 Å². The van der Waals surface area contributed by atoms with Gasteiger partial charge in [0.1, 0.15) is 0 Å². The van der Waals surface area contributed by atoms with E-state index in [9.17, 15) is 4.79 Å². The van der Waals surface area contributed by atoms with E-state index in [1.807, 2.05) is 7.05 Å². The van der Waals surface area contributed by atoms with Crippen LogP contribution in [0.4, 0.5) is 0 Å². The van der Waals surface area contributed by atoms with Crippen molar-refractivity contribution in [1.82, 2.24) is 25.8 Å². The van der Waals surface area contributed by atoms with Crippen molar-refractivity contribution in [3.8, 4) is 0 Å². The number of nitrogens with one attached hydrogen (secondary N) is 3. The standard InChI is InChI=1S/C25H40N6O/c1-20(21-8-4-3-5-9-21)29-25(12-6-7-13-25)19-27-24(26-2)31-16-14-30(15-17-31)18-23(32)28-22-10-11-22/h3-5,8-9,20,22,29H,6-7,10-19H2,1-2H3,(H,26,27)(H,28,32). The lowest BCUT2D eigenvalue weighted by molar-refractivity contribution is -0.122. The molecule has 3 N–H and O–H groups in total. The van der Waals surface area contributed by atoms with E-state index in [1.165, 1.54) is 31.2 Å². The maximum absolute atomic E-state index is 12.1. The predicted octanol–water partition coefficient (Wildman–Crippen LogP) is 2.12. The van der Waals surface area contributed by atoms with Crippen molar-refractivity contribution in [2.24, 2.45) is 4.99 Å². The Labute approximate surface area is 193 Å². The summed E-state index contributed by atoms with van der Waals surface area (Å²) in [7, 11) is 1.87. The third-order valence-corrected chi connectivity index (χ3v) is 7.16. The highest BCUT2D eigenvalue weighted by Crippen LogP contribution is 2.32. The summed E-state index contributed by atoms with van der Waals surface area (Å²) < 4.78 is 0. The number of hydrogen-bond acceptors (Lipinski definition) is 4. The van der Waals surface area contributed by atoms with Crippen molar-refractivity contribution >= 4 is 11.9 Å². The van der Waals surface area contributed by atoms with Crippen molar-refractivity contribution in [2.45, 2.75) is 63.1 Å². The largest absolute Gasteiger partial charge is 0.354 e. The van der Waals surface area contributed by atoms with Crippen LogP contribution >= 0.6 is 0 Å². The molecule has 1 aliphatic heterocycles. The van der Waals surface area contributed by atoms with E-state index in [0.29, 0.717) is 18.6 Å². The average Bonchev–Trinajstić information content (AvgIpc) is 3.50. The molecule has 3 fully saturated rings. The van der Waals surface area contributed by atoms with Crippen LogP contribution in [0.3, 0.4) is 0 Å². The summed E-state index contributed by atoms with van der Waals surface area (Å²) in [6.07, 6.45) is 7.22. The van der Waals surface area contributed by atoms with Gasteiger partial charge in [-0.25, -0.2) is 0 Å². The van der Waals surface area contributed by atoms with Gasteiger partial charge in [0.05, 0.1) is 6.54 Å². The fourth-order valence-corrected chi connectivity index (χ4v) is 5.11. The highest BCUT2D eigenvalue weighted by atomic mass is 16.2. The van der Waals surface area contributed by atoms with Gasteiger partial charge in [-0.2, -0.15) is 0 Å². The number of nitrogens with zero attached hydrogens (tertiary/aromatic N) is 3. The molecule has 1 atom stereocenters. The van der Waals surface area contributed by atoms with Gasteiger partial charge in [-0.15, -0.1) is 0 Å². The Hall–Kier alpha value is -2.12. The Morgan fingerprint density at radius 2 is 1.81 bits per heavy atom. The van der Waals surface area contributed by atoms with Crippen LogP contribution in [0, 0.1) is 0 Å². The Balaban J connectivity index is 1.26. The van der Waals surface area contributed by atoms with Gasteiger partial charge in [0.25, 0.3) is 0 Å². The fraction of sp³-hybridized carbons (Fsp3) is 0.680. The second-order valence-corrected chi connectivity index (χ2v) is 9.77. The maximum atomic E-state index is 12.1. The number of aliphatic imine (C=N–C) groups is 1. The first-order valence-corrected chi connectivity index (χ1v) is 12.4. The first-order chi connectivity index (χ1) is 15.6. The van der Waals surface area contributed by atoms with Crippen LogP contribution in [0.2, 0.25) is 0 Å². The van der Waals surface area contributed by atoms with Crippen molar-refractivity contribution in [3.63, 3.8) is 0 Å². The van der Waals surface area contributed by atoms with Crippen LogP contribution in [0.1, 0.15) is 57.1 Å². The molecule has 3 aliphatic rings. The van der Waals surface area contributed by atoms with Gasteiger partial charge >= 0.3 is 0 Å². The van der Waals surface area contributed by atoms with Gasteiger partial charge < -0.3 is 20.9 Å². The van der Waals surface area contributed by atoms with Crippen molar-refractivity contribution < 1.29 is 4.79 Å². The molecular weight excluding hydrogens is 400 g/mol. The van der Waals surface area contributed by atoms with E-state index >= 15 is 0 Å². The minimum absolute atomic E-state index is 0.105. The Kier molecular flexibility index (Phi) is 7.68. The summed E-state index contributed by atoms with van der Waals surface area (Å²) in [6.45, 7) is 7.26. The smallest absolute Gasteiger partial charge is 0.234 e. The molecule has 1 aromatic carbocycles. The summed E-state index contributed by atoms with van der Waals surface area (Å²) in [6, 6.07) is 11.5. The lowest BCUT2D eigenvalue weighted by Gasteiger charge is -2.39. The molecule has 1 saturated heterocycles. The minimum atomic E-state index is 0.105. The monoisotopic (exact) mass is 440 g/mol. The van der Waals surface area contributed by atoms with Gasteiger partial charge in [-0.05, 0) is 38.2 Å². The molecule has 4 rings (SSSR count). The molecule has 1 heterocycles. The molecule has 0 radical (unpaired) electrons. The quantitative estimate of drug-likeness (QED) is 0.427. The van der Waals surface area contributed by atoms with Crippen molar-refractivity contribution in [2.75, 3.05) is 46.3 Å². The lowest BCUT2D eigenvalue weighted by Crippen LogP contribution is -2.58. The molecule has 32 heavy (non-hydrogen) atoms. The number of guanidine groups is 1. The van der Waals surface area contributed by atoms with Crippen molar-refractivity contribution in [3.05, 3.63) is 35.9 Å². The van der Waals surface area contributed by atoms with Crippen LogP contribution in [0.25, 0.3) is 0 Å². The average molecular weight is 441 g/mol. The molecule has 2 aliphatic carbocycles. The molecule has 7 nitrogen and oxygen atoms in total. The maximum Gasteiger partial charge on any atom is 0.234 e. The van der Waals surface area contributed by atoms with Crippen LogP contribution < -0.4 is 16.0 Å². The first kappa shape index (κ1) is 23.1. The molecule has 1 amide bonds. The number of hydrogen-bond donors (Lipinski definition) is 3. The number of benzene rings is 1. The van der Waals surface area contributed by atoms with E-state index in [-0.39, 0.29) is 11.4 Å². The summed E-state index contributed by atoms with van der Waals surface area (Å²) >= 11 is 0. The molecule has 0 spiro atoms. The van der Waals surface area contributed by atoms with E-state index < -0.39 is 0 Å². The molecule has 0 aromatic heterocycles. The molecule has 1 unspecified atom stereocenters. The van der Waals surface area contributed by atoms with Gasteiger partial charge in [0, 0.05) is 57.4 Å². The first-order valence-electron chi connectivity index (χ1n) is 12.4. The second kappa shape index (κ2) is 10.7. The van der Waals surface area contributed by atoms with Gasteiger partial charge in [-0.1, -0.05) is 43.2 Å². The zero-order valence-electron chi connectivity index (χ0n) is 19.8. The van der Waals surface area contributed by atoms with Crippen LogP contribution in [-0.2, 0) is 4.79 Å². The zero-order valence-corrected chi connectivity index (χ0v) is 19.8. The van der Waals surface area contributed by atoms with Crippen LogP contribution in [0.5, 0.6) is 0 Å². The van der Waals surface area contributed by atoms with Gasteiger partial charge in [0.2, 0.25) is 5.91 Å². The molecule has 0 bridgehead atoms.